The zero-order valence-electron chi connectivity index (χ0n) is 14.3. The zero-order valence-corrected chi connectivity index (χ0v) is 15.9. The molecule has 0 atom stereocenters. The number of benzene rings is 2. The molecule has 0 unspecified atom stereocenters. The molecule has 1 N–H and O–H groups in total. The highest BCUT2D eigenvalue weighted by Gasteiger charge is 2.14. The van der Waals surface area contributed by atoms with Gasteiger partial charge < -0.3 is 10.1 Å². The minimum Gasteiger partial charge on any atom is -0.467 e. The zero-order chi connectivity index (χ0) is 19.5. The molecular formula is C19H13Cl2N5O2. The Bertz CT molecular complexity index is 1150. The second-order valence-corrected chi connectivity index (χ2v) is 6.61. The Labute approximate surface area is 169 Å². The minimum absolute atomic E-state index is 0.248. The van der Waals surface area contributed by atoms with Gasteiger partial charge in [0, 0.05) is 5.02 Å². The highest BCUT2D eigenvalue weighted by atomic mass is 35.5. The number of carbonyl (C=O) groups is 1. The largest absolute Gasteiger partial charge is 0.467 e. The maximum atomic E-state index is 12.2. The molecule has 0 aliphatic heterocycles. The molecule has 0 saturated carbocycles. The molecule has 0 fully saturated rings. The smallest absolute Gasteiger partial charge is 0.262 e. The molecule has 0 aliphatic carbocycles. The molecule has 2 aromatic heterocycles. The Morgan fingerprint density at radius 3 is 2.71 bits per heavy atom. The number of fused-ring (bicyclic) bond motifs is 1. The van der Waals surface area contributed by atoms with Crippen LogP contribution in [0.5, 0.6) is 5.88 Å². The minimum atomic E-state index is -0.383. The predicted molar refractivity (Wildman–Crippen MR) is 107 cm³/mol. The van der Waals surface area contributed by atoms with Crippen LogP contribution >= 0.6 is 23.2 Å². The van der Waals surface area contributed by atoms with Crippen molar-refractivity contribution in [3.05, 3.63) is 71.1 Å². The van der Waals surface area contributed by atoms with Crippen LogP contribution in [0.4, 0.5) is 5.69 Å². The third kappa shape index (κ3) is 3.76. The van der Waals surface area contributed by atoms with E-state index in [9.17, 15) is 4.79 Å². The molecule has 140 valence electrons. The maximum Gasteiger partial charge on any atom is 0.262 e. The summed E-state index contributed by atoms with van der Waals surface area (Å²) >= 11 is 11.9. The SMILES string of the molecule is O=C(COc1ncnc2c1cnn2-c1ccccc1)Nc1ccc(Cl)cc1Cl. The normalized spacial score (nSPS) is 10.8. The molecule has 2 aromatic carbocycles. The third-order valence-corrected chi connectivity index (χ3v) is 4.42. The van der Waals surface area contributed by atoms with Gasteiger partial charge in [0.25, 0.3) is 5.91 Å². The summed E-state index contributed by atoms with van der Waals surface area (Å²) in [5, 5.41) is 8.44. The fourth-order valence-corrected chi connectivity index (χ4v) is 3.06. The van der Waals surface area contributed by atoms with Gasteiger partial charge in [-0.25, -0.2) is 14.6 Å². The first-order valence-electron chi connectivity index (χ1n) is 8.23. The lowest BCUT2D eigenvalue weighted by molar-refractivity contribution is -0.118. The van der Waals surface area contributed by atoms with Gasteiger partial charge in [-0.15, -0.1) is 0 Å². The van der Waals surface area contributed by atoms with Gasteiger partial charge in [-0.1, -0.05) is 41.4 Å². The number of amides is 1. The molecule has 0 saturated heterocycles. The summed E-state index contributed by atoms with van der Waals surface area (Å²) in [6, 6.07) is 14.4. The molecule has 1 amide bonds. The highest BCUT2D eigenvalue weighted by molar-refractivity contribution is 6.36. The van der Waals surface area contributed by atoms with Crippen molar-refractivity contribution in [2.75, 3.05) is 11.9 Å². The number of hydrogen-bond acceptors (Lipinski definition) is 5. The second-order valence-electron chi connectivity index (χ2n) is 5.77. The van der Waals surface area contributed by atoms with Gasteiger partial charge in [-0.2, -0.15) is 5.10 Å². The van der Waals surface area contributed by atoms with Gasteiger partial charge in [0.15, 0.2) is 12.3 Å². The van der Waals surface area contributed by atoms with Crippen LogP contribution in [-0.2, 0) is 4.79 Å². The van der Waals surface area contributed by atoms with Crippen molar-refractivity contribution in [3.8, 4) is 11.6 Å². The number of anilines is 1. The highest BCUT2D eigenvalue weighted by Crippen LogP contribution is 2.26. The number of aromatic nitrogens is 4. The third-order valence-electron chi connectivity index (χ3n) is 3.88. The molecule has 0 spiro atoms. The number of hydrogen-bond donors (Lipinski definition) is 1. The number of carbonyl (C=O) groups excluding carboxylic acids is 1. The van der Waals surface area contributed by atoms with Crippen molar-refractivity contribution in [2.45, 2.75) is 0 Å². The predicted octanol–water partition coefficient (Wildman–Crippen LogP) is 4.14. The van der Waals surface area contributed by atoms with Gasteiger partial charge in [-0.05, 0) is 30.3 Å². The van der Waals surface area contributed by atoms with Crippen LogP contribution in [0.3, 0.4) is 0 Å². The second kappa shape index (κ2) is 7.84. The molecule has 4 aromatic rings. The van der Waals surface area contributed by atoms with Crippen LogP contribution in [0.25, 0.3) is 16.7 Å². The molecular weight excluding hydrogens is 401 g/mol. The fourth-order valence-electron chi connectivity index (χ4n) is 2.61. The van der Waals surface area contributed by atoms with E-state index < -0.39 is 0 Å². The topological polar surface area (TPSA) is 81.9 Å². The van der Waals surface area contributed by atoms with E-state index in [0.29, 0.717) is 26.8 Å². The lowest BCUT2D eigenvalue weighted by Crippen LogP contribution is -2.20. The van der Waals surface area contributed by atoms with Crippen LogP contribution in [0.1, 0.15) is 0 Å². The van der Waals surface area contributed by atoms with E-state index in [1.807, 2.05) is 30.3 Å². The Hall–Kier alpha value is -3.16. The average Bonchev–Trinajstić information content (AvgIpc) is 3.14. The Morgan fingerprint density at radius 1 is 1.11 bits per heavy atom. The molecule has 0 aliphatic rings. The first kappa shape index (κ1) is 18.2. The number of nitrogens with zero attached hydrogens (tertiary/aromatic N) is 4. The molecule has 4 rings (SSSR count). The van der Waals surface area contributed by atoms with Gasteiger partial charge in [0.05, 0.1) is 22.6 Å². The van der Waals surface area contributed by atoms with E-state index in [1.165, 1.54) is 6.33 Å². The Balaban J connectivity index is 1.51. The summed E-state index contributed by atoms with van der Waals surface area (Å²) in [4.78, 5) is 20.6. The van der Waals surface area contributed by atoms with Crippen LogP contribution in [0.2, 0.25) is 10.0 Å². The van der Waals surface area contributed by atoms with Crippen molar-refractivity contribution in [1.82, 2.24) is 19.7 Å². The monoisotopic (exact) mass is 413 g/mol. The fraction of sp³-hybridized carbons (Fsp3) is 0.0526. The number of ether oxygens (including phenoxy) is 1. The quantitative estimate of drug-likeness (QED) is 0.531. The summed E-state index contributed by atoms with van der Waals surface area (Å²) < 4.78 is 7.26. The van der Waals surface area contributed by atoms with Gasteiger partial charge in [-0.3, -0.25) is 4.79 Å². The first-order valence-corrected chi connectivity index (χ1v) is 8.99. The summed E-state index contributed by atoms with van der Waals surface area (Å²) in [6.45, 7) is -0.248. The number of nitrogens with one attached hydrogen (secondary N) is 1. The number of para-hydroxylation sites is 1. The van der Waals surface area contributed by atoms with Crippen molar-refractivity contribution < 1.29 is 9.53 Å². The van der Waals surface area contributed by atoms with E-state index in [4.69, 9.17) is 27.9 Å². The first-order chi connectivity index (χ1) is 13.6. The summed E-state index contributed by atoms with van der Waals surface area (Å²) in [6.07, 6.45) is 2.97. The molecule has 0 radical (unpaired) electrons. The van der Waals surface area contributed by atoms with Gasteiger partial charge in [0.1, 0.15) is 11.7 Å². The lowest BCUT2D eigenvalue weighted by Gasteiger charge is -2.09. The van der Waals surface area contributed by atoms with Gasteiger partial charge in [0.2, 0.25) is 5.88 Å². The standard InChI is InChI=1S/C19H13Cl2N5O2/c20-12-6-7-16(15(21)8-12)25-17(27)10-28-19-14-9-24-26(18(14)22-11-23-19)13-4-2-1-3-5-13/h1-9,11H,10H2,(H,25,27). The number of halogens is 2. The molecule has 2 heterocycles. The van der Waals surface area contributed by atoms with Crippen LogP contribution in [0, 0.1) is 0 Å². The van der Waals surface area contributed by atoms with Gasteiger partial charge >= 0.3 is 0 Å². The molecule has 9 heteroatoms. The van der Waals surface area contributed by atoms with Crippen molar-refractivity contribution in [3.63, 3.8) is 0 Å². The van der Waals surface area contributed by atoms with E-state index in [1.54, 1.807) is 29.1 Å². The molecule has 7 nitrogen and oxygen atoms in total. The van der Waals surface area contributed by atoms with Crippen LogP contribution < -0.4 is 10.1 Å². The number of rotatable bonds is 5. The van der Waals surface area contributed by atoms with Crippen molar-refractivity contribution in [2.24, 2.45) is 0 Å². The van der Waals surface area contributed by atoms with Crippen molar-refractivity contribution >= 4 is 45.8 Å². The summed E-state index contributed by atoms with van der Waals surface area (Å²) in [5.41, 5.74) is 1.89. The summed E-state index contributed by atoms with van der Waals surface area (Å²) in [5.74, 6) is -0.115. The van der Waals surface area contributed by atoms with E-state index in [2.05, 4.69) is 20.4 Å². The molecule has 0 bridgehead atoms. The maximum absolute atomic E-state index is 12.2. The van der Waals surface area contributed by atoms with E-state index in [0.717, 1.165) is 5.69 Å². The van der Waals surface area contributed by atoms with E-state index in [-0.39, 0.29) is 18.4 Å². The summed E-state index contributed by atoms with van der Waals surface area (Å²) in [7, 11) is 0. The Kier molecular flexibility index (Phi) is 5.10. The van der Waals surface area contributed by atoms with Crippen LogP contribution in [-0.4, -0.2) is 32.3 Å². The molecule has 28 heavy (non-hydrogen) atoms. The van der Waals surface area contributed by atoms with E-state index >= 15 is 0 Å². The lowest BCUT2D eigenvalue weighted by atomic mass is 10.3. The average molecular weight is 414 g/mol. The Morgan fingerprint density at radius 2 is 1.93 bits per heavy atom. The van der Waals surface area contributed by atoms with Crippen LogP contribution in [0.15, 0.2) is 61.1 Å². The van der Waals surface area contributed by atoms with Crippen molar-refractivity contribution in [1.29, 1.82) is 0 Å².